The summed E-state index contributed by atoms with van der Waals surface area (Å²) < 4.78 is 28.0. The highest BCUT2D eigenvalue weighted by Gasteiger charge is 2.19. The standard InChI is InChI=1S/C14H20N2O4S/c1-20-12-6-5-11(9-13(12)21(15,18)19)14(17)16-8-7-10-3-2-4-10/h5-6,9-10H,2-4,7-8H2,1H3,(H,16,17)(H2,15,18,19). The molecular weight excluding hydrogens is 292 g/mol. The first-order valence-electron chi connectivity index (χ1n) is 6.91. The number of carbonyl (C=O) groups is 1. The lowest BCUT2D eigenvalue weighted by molar-refractivity contribution is 0.0948. The zero-order valence-electron chi connectivity index (χ0n) is 12.0. The molecule has 0 aromatic heterocycles. The molecule has 0 saturated heterocycles. The third-order valence-corrected chi connectivity index (χ3v) is 4.73. The van der Waals surface area contributed by atoms with Crippen LogP contribution < -0.4 is 15.2 Å². The van der Waals surface area contributed by atoms with Gasteiger partial charge in [0, 0.05) is 12.1 Å². The van der Waals surface area contributed by atoms with Crippen molar-refractivity contribution in [3.05, 3.63) is 23.8 Å². The van der Waals surface area contributed by atoms with E-state index < -0.39 is 10.0 Å². The van der Waals surface area contributed by atoms with Crippen LogP contribution >= 0.6 is 0 Å². The van der Waals surface area contributed by atoms with Crippen LogP contribution in [0.15, 0.2) is 23.1 Å². The Morgan fingerprint density at radius 1 is 1.43 bits per heavy atom. The summed E-state index contributed by atoms with van der Waals surface area (Å²) in [6.07, 6.45) is 4.70. The van der Waals surface area contributed by atoms with E-state index in [4.69, 9.17) is 9.88 Å². The fraction of sp³-hybridized carbons (Fsp3) is 0.500. The van der Waals surface area contributed by atoms with Crippen molar-refractivity contribution >= 4 is 15.9 Å². The van der Waals surface area contributed by atoms with Crippen LogP contribution in [0.2, 0.25) is 0 Å². The molecule has 1 saturated carbocycles. The molecule has 7 heteroatoms. The third-order valence-electron chi connectivity index (χ3n) is 3.80. The van der Waals surface area contributed by atoms with Crippen LogP contribution in [-0.4, -0.2) is 28.0 Å². The van der Waals surface area contributed by atoms with E-state index in [0.717, 1.165) is 6.42 Å². The first kappa shape index (κ1) is 15.8. The van der Waals surface area contributed by atoms with Crippen molar-refractivity contribution in [2.75, 3.05) is 13.7 Å². The third kappa shape index (κ3) is 3.95. The fourth-order valence-electron chi connectivity index (χ4n) is 2.31. The molecule has 3 N–H and O–H groups in total. The number of nitrogens with one attached hydrogen (secondary N) is 1. The number of nitrogens with two attached hydrogens (primary N) is 1. The minimum Gasteiger partial charge on any atom is -0.495 e. The number of amides is 1. The van der Waals surface area contributed by atoms with Crippen LogP contribution in [0.3, 0.4) is 0 Å². The molecule has 21 heavy (non-hydrogen) atoms. The van der Waals surface area contributed by atoms with Gasteiger partial charge >= 0.3 is 0 Å². The number of carbonyl (C=O) groups excluding carboxylic acids is 1. The van der Waals surface area contributed by atoms with Crippen molar-refractivity contribution in [2.45, 2.75) is 30.6 Å². The van der Waals surface area contributed by atoms with Crippen LogP contribution in [-0.2, 0) is 10.0 Å². The predicted octanol–water partition coefficient (Wildman–Crippen LogP) is 1.26. The Morgan fingerprint density at radius 3 is 2.67 bits per heavy atom. The van der Waals surface area contributed by atoms with Gasteiger partial charge < -0.3 is 10.1 Å². The van der Waals surface area contributed by atoms with Gasteiger partial charge in [-0.05, 0) is 30.5 Å². The van der Waals surface area contributed by atoms with Crippen molar-refractivity contribution in [3.63, 3.8) is 0 Å². The summed E-state index contributed by atoms with van der Waals surface area (Å²) in [5.41, 5.74) is 0.258. The normalized spacial score (nSPS) is 15.3. The lowest BCUT2D eigenvalue weighted by Crippen LogP contribution is -2.27. The van der Waals surface area contributed by atoms with Crippen molar-refractivity contribution in [3.8, 4) is 5.75 Å². The van der Waals surface area contributed by atoms with Gasteiger partial charge in [-0.2, -0.15) is 0 Å². The summed E-state index contributed by atoms with van der Waals surface area (Å²) in [7, 11) is -2.59. The van der Waals surface area contributed by atoms with Gasteiger partial charge in [-0.3, -0.25) is 4.79 Å². The molecule has 116 valence electrons. The molecule has 0 unspecified atom stereocenters. The highest BCUT2D eigenvalue weighted by Crippen LogP contribution is 2.28. The molecule has 0 radical (unpaired) electrons. The van der Waals surface area contributed by atoms with E-state index in [1.807, 2.05) is 0 Å². The number of ether oxygens (including phenoxy) is 1. The topological polar surface area (TPSA) is 98.5 Å². The van der Waals surface area contributed by atoms with Crippen molar-refractivity contribution in [1.82, 2.24) is 5.32 Å². The molecule has 1 aromatic carbocycles. The highest BCUT2D eigenvalue weighted by atomic mass is 32.2. The molecule has 0 bridgehead atoms. The maximum Gasteiger partial charge on any atom is 0.251 e. The molecule has 0 spiro atoms. The first-order valence-corrected chi connectivity index (χ1v) is 8.45. The number of hydrogen-bond donors (Lipinski definition) is 2. The van der Waals surface area contributed by atoms with Gasteiger partial charge in [-0.25, -0.2) is 13.6 Å². The van der Waals surface area contributed by atoms with Gasteiger partial charge in [0.2, 0.25) is 10.0 Å². The second-order valence-corrected chi connectivity index (χ2v) is 6.78. The van der Waals surface area contributed by atoms with Crippen LogP contribution in [0.1, 0.15) is 36.0 Å². The molecule has 1 aliphatic rings. The van der Waals surface area contributed by atoms with Gasteiger partial charge in [0.15, 0.2) is 0 Å². The Bertz CT molecular complexity index is 624. The van der Waals surface area contributed by atoms with Crippen LogP contribution in [0, 0.1) is 5.92 Å². The number of primary sulfonamides is 1. The Kier molecular flexibility index (Phi) is 4.84. The number of hydrogen-bond acceptors (Lipinski definition) is 4. The minimum absolute atomic E-state index is 0.128. The Morgan fingerprint density at radius 2 is 2.14 bits per heavy atom. The van der Waals surface area contributed by atoms with Gasteiger partial charge in [-0.15, -0.1) is 0 Å². The molecule has 0 aliphatic heterocycles. The van der Waals surface area contributed by atoms with Crippen LogP contribution in [0.25, 0.3) is 0 Å². The van der Waals surface area contributed by atoms with Crippen molar-refractivity contribution < 1.29 is 17.9 Å². The molecule has 0 atom stereocenters. The molecule has 0 heterocycles. The second-order valence-electron chi connectivity index (χ2n) is 5.25. The van der Waals surface area contributed by atoms with Crippen molar-refractivity contribution in [1.29, 1.82) is 0 Å². The summed E-state index contributed by atoms with van der Waals surface area (Å²) in [5.74, 6) is 0.534. The molecule has 1 aliphatic carbocycles. The smallest absolute Gasteiger partial charge is 0.251 e. The monoisotopic (exact) mass is 312 g/mol. The predicted molar refractivity (Wildman–Crippen MR) is 78.7 cm³/mol. The van der Waals surface area contributed by atoms with Crippen LogP contribution in [0.4, 0.5) is 0 Å². The maximum absolute atomic E-state index is 12.0. The average molecular weight is 312 g/mol. The Hall–Kier alpha value is -1.60. The minimum atomic E-state index is -3.94. The van der Waals surface area contributed by atoms with E-state index in [-0.39, 0.29) is 22.1 Å². The second kappa shape index (κ2) is 6.44. The molecule has 1 fully saturated rings. The Labute approximate surface area is 124 Å². The molecular formula is C14H20N2O4S. The lowest BCUT2D eigenvalue weighted by Gasteiger charge is -2.25. The summed E-state index contributed by atoms with van der Waals surface area (Å²) in [4.78, 5) is 11.8. The fourth-order valence-corrected chi connectivity index (χ4v) is 3.04. The summed E-state index contributed by atoms with van der Waals surface area (Å²) in [6.45, 7) is 0.597. The molecule has 2 rings (SSSR count). The largest absolute Gasteiger partial charge is 0.495 e. The first-order chi connectivity index (χ1) is 9.91. The van der Waals surface area contributed by atoms with Gasteiger partial charge in [0.1, 0.15) is 10.6 Å². The lowest BCUT2D eigenvalue weighted by atomic mass is 9.83. The zero-order chi connectivity index (χ0) is 15.5. The summed E-state index contributed by atoms with van der Waals surface area (Å²) >= 11 is 0. The SMILES string of the molecule is COc1ccc(C(=O)NCCC2CCC2)cc1S(N)(=O)=O. The number of methoxy groups -OCH3 is 1. The van der Waals surface area contributed by atoms with Gasteiger partial charge in [-0.1, -0.05) is 19.3 Å². The van der Waals surface area contributed by atoms with Gasteiger partial charge in [0.25, 0.3) is 5.91 Å². The van der Waals surface area contributed by atoms with E-state index in [1.54, 1.807) is 0 Å². The highest BCUT2D eigenvalue weighted by molar-refractivity contribution is 7.89. The van der Waals surface area contributed by atoms with E-state index >= 15 is 0 Å². The maximum atomic E-state index is 12.0. The van der Waals surface area contributed by atoms with Crippen molar-refractivity contribution in [2.24, 2.45) is 11.1 Å². The van der Waals surface area contributed by atoms with E-state index in [9.17, 15) is 13.2 Å². The van der Waals surface area contributed by atoms with E-state index in [2.05, 4.69) is 5.32 Å². The zero-order valence-corrected chi connectivity index (χ0v) is 12.8. The molecule has 1 amide bonds. The van der Waals surface area contributed by atoms with E-state index in [1.165, 1.54) is 44.6 Å². The molecule has 1 aromatic rings. The summed E-state index contributed by atoms with van der Waals surface area (Å²) in [5, 5.41) is 7.93. The van der Waals surface area contributed by atoms with Gasteiger partial charge in [0.05, 0.1) is 7.11 Å². The number of rotatable bonds is 6. The van der Waals surface area contributed by atoms with Crippen LogP contribution in [0.5, 0.6) is 5.75 Å². The van der Waals surface area contributed by atoms with E-state index in [0.29, 0.717) is 12.5 Å². The number of benzene rings is 1. The average Bonchev–Trinajstić information content (AvgIpc) is 2.39. The number of sulfonamides is 1. The molecule has 6 nitrogen and oxygen atoms in total. The quantitative estimate of drug-likeness (QED) is 0.826. The Balaban J connectivity index is 2.06. The summed E-state index contributed by atoms with van der Waals surface area (Å²) in [6, 6.07) is 4.19.